The number of amides is 1. The summed E-state index contributed by atoms with van der Waals surface area (Å²) in [6, 6.07) is 9.21. The van der Waals surface area contributed by atoms with Gasteiger partial charge in [-0.05, 0) is 74.4 Å². The Morgan fingerprint density at radius 2 is 1.97 bits per heavy atom. The third kappa shape index (κ3) is 4.62. The SMILES string of the molecule is Cc1nc(-c2ccc(CNC(=O)C3CCN(S(=O)(=O)c4ccc5c(c4)CCC5)CC3)o2)cs1. The summed E-state index contributed by atoms with van der Waals surface area (Å²) in [4.78, 5) is 17.5. The smallest absolute Gasteiger partial charge is 0.243 e. The van der Waals surface area contributed by atoms with E-state index in [-0.39, 0.29) is 11.8 Å². The Hall–Kier alpha value is -2.49. The first kappa shape index (κ1) is 22.3. The average Bonchev–Trinajstić information content (AvgIpc) is 3.57. The molecule has 3 heterocycles. The van der Waals surface area contributed by atoms with Crippen LogP contribution in [0.15, 0.2) is 45.0 Å². The number of rotatable bonds is 6. The Bertz CT molecular complexity index is 1270. The first-order valence-corrected chi connectivity index (χ1v) is 13.6. The van der Waals surface area contributed by atoms with E-state index >= 15 is 0 Å². The van der Waals surface area contributed by atoms with Crippen molar-refractivity contribution in [1.82, 2.24) is 14.6 Å². The Morgan fingerprint density at radius 3 is 2.73 bits per heavy atom. The van der Waals surface area contributed by atoms with Gasteiger partial charge in [-0.1, -0.05) is 6.07 Å². The van der Waals surface area contributed by atoms with Gasteiger partial charge < -0.3 is 9.73 Å². The zero-order valence-electron chi connectivity index (χ0n) is 18.5. The minimum absolute atomic E-state index is 0.0629. The van der Waals surface area contributed by atoms with Crippen molar-refractivity contribution in [2.24, 2.45) is 5.92 Å². The molecule has 0 unspecified atom stereocenters. The number of carbonyl (C=O) groups excluding carboxylic acids is 1. The van der Waals surface area contributed by atoms with Crippen molar-refractivity contribution >= 4 is 27.3 Å². The number of hydrogen-bond acceptors (Lipinski definition) is 6. The lowest BCUT2D eigenvalue weighted by atomic mass is 9.97. The van der Waals surface area contributed by atoms with Gasteiger partial charge in [0.05, 0.1) is 16.4 Å². The molecule has 0 bridgehead atoms. The fourth-order valence-electron chi connectivity index (χ4n) is 4.62. The number of nitrogens with one attached hydrogen (secondary N) is 1. The van der Waals surface area contributed by atoms with Gasteiger partial charge in [0.15, 0.2) is 5.76 Å². The number of aryl methyl sites for hydroxylation is 3. The Kier molecular flexibility index (Phi) is 6.11. The van der Waals surface area contributed by atoms with Gasteiger partial charge >= 0.3 is 0 Å². The summed E-state index contributed by atoms with van der Waals surface area (Å²) in [5.74, 6) is 1.09. The fraction of sp³-hybridized carbons (Fsp3) is 0.417. The molecule has 2 aliphatic rings. The number of thiazole rings is 1. The second-order valence-electron chi connectivity index (χ2n) is 8.70. The molecule has 1 aliphatic heterocycles. The van der Waals surface area contributed by atoms with Gasteiger partial charge in [-0.25, -0.2) is 13.4 Å². The highest BCUT2D eigenvalue weighted by Crippen LogP contribution is 2.29. The maximum atomic E-state index is 13.1. The molecular formula is C24H27N3O4S2. The van der Waals surface area contributed by atoms with Gasteiger partial charge in [0.2, 0.25) is 15.9 Å². The van der Waals surface area contributed by atoms with E-state index in [9.17, 15) is 13.2 Å². The summed E-state index contributed by atoms with van der Waals surface area (Å²) in [5, 5.41) is 5.85. The highest BCUT2D eigenvalue weighted by Gasteiger charge is 2.32. The van der Waals surface area contributed by atoms with Gasteiger partial charge in [-0.3, -0.25) is 4.79 Å². The van der Waals surface area contributed by atoms with E-state index < -0.39 is 10.0 Å². The van der Waals surface area contributed by atoms with Crippen molar-refractivity contribution in [2.75, 3.05) is 13.1 Å². The summed E-state index contributed by atoms with van der Waals surface area (Å²) < 4.78 is 33.5. The fourth-order valence-corrected chi connectivity index (χ4v) is 6.74. The molecule has 7 nitrogen and oxygen atoms in total. The largest absolute Gasteiger partial charge is 0.458 e. The third-order valence-electron chi connectivity index (χ3n) is 6.50. The number of aromatic nitrogens is 1. The first-order chi connectivity index (χ1) is 15.9. The highest BCUT2D eigenvalue weighted by molar-refractivity contribution is 7.89. The average molecular weight is 486 g/mol. The molecule has 1 saturated heterocycles. The van der Waals surface area contributed by atoms with Gasteiger partial charge in [-0.15, -0.1) is 11.3 Å². The summed E-state index contributed by atoms with van der Waals surface area (Å²) >= 11 is 1.56. The number of hydrogen-bond donors (Lipinski definition) is 1. The van der Waals surface area contributed by atoms with Crippen LogP contribution < -0.4 is 5.32 Å². The van der Waals surface area contributed by atoms with Crippen molar-refractivity contribution < 1.29 is 17.6 Å². The lowest BCUT2D eigenvalue weighted by molar-refractivity contribution is -0.126. The molecule has 0 radical (unpaired) electrons. The van der Waals surface area contributed by atoms with Crippen LogP contribution >= 0.6 is 11.3 Å². The lowest BCUT2D eigenvalue weighted by Crippen LogP contribution is -2.42. The van der Waals surface area contributed by atoms with Crippen LogP contribution in [-0.2, 0) is 34.2 Å². The molecule has 33 heavy (non-hydrogen) atoms. The molecule has 0 spiro atoms. The normalized spacial score (nSPS) is 17.2. The summed E-state index contributed by atoms with van der Waals surface area (Å²) in [6.07, 6.45) is 4.08. The number of carbonyl (C=O) groups is 1. The zero-order valence-corrected chi connectivity index (χ0v) is 20.2. The maximum Gasteiger partial charge on any atom is 0.243 e. The van der Waals surface area contributed by atoms with Gasteiger partial charge in [0.25, 0.3) is 0 Å². The molecule has 0 atom stereocenters. The maximum absolute atomic E-state index is 13.1. The first-order valence-electron chi connectivity index (χ1n) is 11.3. The van der Waals surface area contributed by atoms with E-state index in [1.807, 2.05) is 36.6 Å². The summed E-state index contributed by atoms with van der Waals surface area (Å²) in [5.41, 5.74) is 3.21. The number of fused-ring (bicyclic) bond motifs is 1. The molecule has 1 amide bonds. The minimum atomic E-state index is -3.53. The van der Waals surface area contributed by atoms with Crippen LogP contribution in [0.4, 0.5) is 0 Å². The molecule has 1 N–H and O–H groups in total. The molecule has 9 heteroatoms. The zero-order chi connectivity index (χ0) is 23.0. The number of sulfonamides is 1. The second-order valence-corrected chi connectivity index (χ2v) is 11.7. The molecule has 5 rings (SSSR count). The van der Waals surface area contributed by atoms with Crippen LogP contribution in [0.2, 0.25) is 0 Å². The van der Waals surface area contributed by atoms with E-state index in [0.29, 0.717) is 48.9 Å². The summed E-state index contributed by atoms with van der Waals surface area (Å²) in [6.45, 7) is 2.95. The summed E-state index contributed by atoms with van der Waals surface area (Å²) in [7, 11) is -3.53. The standard InChI is InChI=1S/C24H27N3O4S2/c1-16-26-22(15-32-16)23-8-6-20(31-23)14-25-24(28)18-9-11-27(12-10-18)33(29,30)21-7-5-17-3-2-4-19(17)13-21/h5-8,13,15,18H,2-4,9-12,14H2,1H3,(H,25,28). The lowest BCUT2D eigenvalue weighted by Gasteiger charge is -2.30. The molecule has 0 saturated carbocycles. The van der Waals surface area contributed by atoms with Crippen molar-refractivity contribution in [2.45, 2.75) is 50.5 Å². The topological polar surface area (TPSA) is 92.5 Å². The number of benzene rings is 1. The van der Waals surface area contributed by atoms with Crippen molar-refractivity contribution in [3.8, 4) is 11.5 Å². The Balaban J connectivity index is 1.15. The predicted molar refractivity (Wildman–Crippen MR) is 126 cm³/mol. The van der Waals surface area contributed by atoms with Gasteiger partial charge in [0.1, 0.15) is 11.5 Å². The van der Waals surface area contributed by atoms with Crippen LogP contribution in [-0.4, -0.2) is 36.7 Å². The predicted octanol–water partition coefficient (Wildman–Crippen LogP) is 3.92. The van der Waals surface area contributed by atoms with E-state index in [1.54, 1.807) is 17.4 Å². The third-order valence-corrected chi connectivity index (χ3v) is 9.17. The van der Waals surface area contributed by atoms with Gasteiger partial charge in [0, 0.05) is 24.4 Å². The quantitative estimate of drug-likeness (QED) is 0.571. The van der Waals surface area contributed by atoms with Gasteiger partial charge in [-0.2, -0.15) is 4.31 Å². The van der Waals surface area contributed by atoms with E-state index in [2.05, 4.69) is 10.3 Å². The van der Waals surface area contributed by atoms with Crippen molar-refractivity contribution in [1.29, 1.82) is 0 Å². The van der Waals surface area contributed by atoms with Crippen molar-refractivity contribution in [3.63, 3.8) is 0 Å². The van der Waals surface area contributed by atoms with Crippen LogP contribution in [0, 0.1) is 12.8 Å². The van der Waals surface area contributed by atoms with Crippen molar-refractivity contribution in [3.05, 3.63) is 57.6 Å². The van der Waals surface area contributed by atoms with Crippen LogP contribution in [0.3, 0.4) is 0 Å². The Morgan fingerprint density at radius 1 is 1.18 bits per heavy atom. The Labute approximate surface area is 197 Å². The number of furan rings is 1. The highest BCUT2D eigenvalue weighted by atomic mass is 32.2. The van der Waals surface area contributed by atoms with Crippen LogP contribution in [0.25, 0.3) is 11.5 Å². The molecule has 174 valence electrons. The molecular weight excluding hydrogens is 458 g/mol. The number of piperidine rings is 1. The molecule has 2 aromatic heterocycles. The molecule has 1 aliphatic carbocycles. The number of nitrogens with zero attached hydrogens (tertiary/aromatic N) is 2. The second kappa shape index (κ2) is 9.04. The molecule has 1 fully saturated rings. The van der Waals surface area contributed by atoms with E-state index in [0.717, 1.165) is 35.5 Å². The van der Waals surface area contributed by atoms with E-state index in [4.69, 9.17) is 4.42 Å². The monoisotopic (exact) mass is 485 g/mol. The minimum Gasteiger partial charge on any atom is -0.458 e. The van der Waals surface area contributed by atoms with E-state index in [1.165, 1.54) is 9.87 Å². The molecule has 1 aromatic carbocycles. The van der Waals surface area contributed by atoms with Crippen LogP contribution in [0.1, 0.15) is 41.2 Å². The van der Waals surface area contributed by atoms with Crippen LogP contribution in [0.5, 0.6) is 0 Å². The molecule has 3 aromatic rings.